The van der Waals surface area contributed by atoms with E-state index < -0.39 is 33.6 Å². The molecule has 0 aliphatic carbocycles. The molecule has 0 aliphatic heterocycles. The third kappa shape index (κ3) is 13.9. The molecule has 0 aromatic heterocycles. The van der Waals surface area contributed by atoms with E-state index in [0.717, 1.165) is 0 Å². The van der Waals surface area contributed by atoms with Crippen LogP contribution in [0.2, 0.25) is 0 Å². The minimum Gasteiger partial charge on any atom is -0.481 e. The van der Waals surface area contributed by atoms with E-state index in [9.17, 15) is 22.8 Å². The molecular formula is C16H30N2O8S. The summed E-state index contributed by atoms with van der Waals surface area (Å²) in [4.78, 5) is 33.1. The minimum atomic E-state index is -3.79. The summed E-state index contributed by atoms with van der Waals surface area (Å²) >= 11 is 0. The van der Waals surface area contributed by atoms with Crippen molar-refractivity contribution in [3.05, 3.63) is 0 Å². The van der Waals surface area contributed by atoms with Gasteiger partial charge in [-0.05, 0) is 33.1 Å². The van der Waals surface area contributed by atoms with E-state index in [0.29, 0.717) is 12.8 Å². The molecule has 0 rings (SSSR count). The predicted octanol–water partition coefficient (Wildman–Crippen LogP) is 0.865. The summed E-state index contributed by atoms with van der Waals surface area (Å²) in [6, 6.07) is 0. The van der Waals surface area contributed by atoms with E-state index in [1.165, 1.54) is 6.92 Å². The van der Waals surface area contributed by atoms with Gasteiger partial charge in [0.15, 0.2) is 0 Å². The molecule has 0 aliphatic rings. The fourth-order valence-electron chi connectivity index (χ4n) is 1.84. The zero-order chi connectivity index (χ0) is 21.1. The molecular weight excluding hydrogens is 380 g/mol. The molecule has 0 saturated heterocycles. The first-order valence-corrected chi connectivity index (χ1v) is 10.2. The molecule has 1 unspecified atom stereocenters. The highest BCUT2D eigenvalue weighted by molar-refractivity contribution is 7.86. The van der Waals surface area contributed by atoms with Gasteiger partial charge in [-0.2, -0.15) is 8.42 Å². The fraction of sp³-hybridized carbons (Fsp3) is 0.812. The molecule has 0 saturated carbocycles. The summed E-state index contributed by atoms with van der Waals surface area (Å²) < 4.78 is 33.5. The van der Waals surface area contributed by atoms with E-state index in [2.05, 4.69) is 10.6 Å². The lowest BCUT2D eigenvalue weighted by Gasteiger charge is -2.25. The van der Waals surface area contributed by atoms with Gasteiger partial charge in [-0.15, -0.1) is 0 Å². The van der Waals surface area contributed by atoms with Crippen molar-refractivity contribution in [3.8, 4) is 0 Å². The SMILES string of the molecule is CC(=O)NCCCS(=O)(=O)OCC(C)(C)NC(=O)OCCCC(C)C(=O)O. The number of carbonyl (C=O) groups excluding carboxylic acids is 2. The summed E-state index contributed by atoms with van der Waals surface area (Å²) in [6.07, 6.45) is 0.258. The number of rotatable bonds is 13. The summed E-state index contributed by atoms with van der Waals surface area (Å²) in [5, 5.41) is 13.7. The van der Waals surface area contributed by atoms with Crippen LogP contribution >= 0.6 is 0 Å². The predicted molar refractivity (Wildman–Crippen MR) is 97.6 cm³/mol. The molecule has 1 atom stereocenters. The molecule has 0 spiro atoms. The maximum Gasteiger partial charge on any atom is 0.407 e. The van der Waals surface area contributed by atoms with E-state index in [4.69, 9.17) is 14.0 Å². The van der Waals surface area contributed by atoms with E-state index in [1.807, 2.05) is 0 Å². The molecule has 0 radical (unpaired) electrons. The molecule has 0 fully saturated rings. The molecule has 3 N–H and O–H groups in total. The Balaban J connectivity index is 4.14. The molecule has 27 heavy (non-hydrogen) atoms. The Kier molecular flexibility index (Phi) is 10.9. The minimum absolute atomic E-state index is 0.0574. The molecule has 0 heterocycles. The first kappa shape index (κ1) is 25.1. The second-order valence-corrected chi connectivity index (χ2v) is 8.65. The van der Waals surface area contributed by atoms with Gasteiger partial charge in [-0.3, -0.25) is 13.8 Å². The topological polar surface area (TPSA) is 148 Å². The van der Waals surface area contributed by atoms with Gasteiger partial charge >= 0.3 is 12.1 Å². The fourth-order valence-corrected chi connectivity index (χ4v) is 2.93. The van der Waals surface area contributed by atoms with Crippen LogP contribution in [0.1, 0.15) is 47.0 Å². The number of nitrogens with one attached hydrogen (secondary N) is 2. The first-order valence-electron chi connectivity index (χ1n) is 8.64. The third-order valence-electron chi connectivity index (χ3n) is 3.42. The normalized spacial score (nSPS) is 12.9. The number of carboxylic acids is 1. The van der Waals surface area contributed by atoms with Crippen LogP contribution in [0.3, 0.4) is 0 Å². The van der Waals surface area contributed by atoms with Crippen LogP contribution in [0.4, 0.5) is 4.79 Å². The van der Waals surface area contributed by atoms with Gasteiger partial charge in [0.1, 0.15) is 0 Å². The van der Waals surface area contributed by atoms with Crippen LogP contribution in [-0.4, -0.2) is 62.5 Å². The number of aliphatic carboxylic acids is 1. The van der Waals surface area contributed by atoms with Crippen LogP contribution in [0.15, 0.2) is 0 Å². The number of ether oxygens (including phenoxy) is 1. The highest BCUT2D eigenvalue weighted by atomic mass is 32.2. The van der Waals surface area contributed by atoms with Gasteiger partial charge < -0.3 is 20.5 Å². The second kappa shape index (κ2) is 11.8. The number of alkyl carbamates (subject to hydrolysis) is 1. The summed E-state index contributed by atoms with van der Waals surface area (Å²) in [7, 11) is -3.79. The lowest BCUT2D eigenvalue weighted by Crippen LogP contribution is -2.47. The monoisotopic (exact) mass is 410 g/mol. The number of amides is 2. The molecule has 0 aromatic carbocycles. The van der Waals surface area contributed by atoms with Crippen LogP contribution in [0.5, 0.6) is 0 Å². The van der Waals surface area contributed by atoms with Gasteiger partial charge in [0, 0.05) is 13.5 Å². The van der Waals surface area contributed by atoms with Crippen LogP contribution in [-0.2, 0) is 28.6 Å². The summed E-state index contributed by atoms with van der Waals surface area (Å²) in [5.41, 5.74) is -0.990. The maximum atomic E-state index is 11.8. The van der Waals surface area contributed by atoms with Crippen molar-refractivity contribution in [2.75, 3.05) is 25.5 Å². The van der Waals surface area contributed by atoms with Crippen molar-refractivity contribution in [2.45, 2.75) is 52.5 Å². The molecule has 2 amide bonds. The van der Waals surface area contributed by atoms with Crippen molar-refractivity contribution in [3.63, 3.8) is 0 Å². The largest absolute Gasteiger partial charge is 0.481 e. The Morgan fingerprint density at radius 2 is 1.81 bits per heavy atom. The van der Waals surface area contributed by atoms with Crippen LogP contribution < -0.4 is 10.6 Å². The first-order chi connectivity index (χ1) is 12.3. The molecule has 10 nitrogen and oxygen atoms in total. The number of carbonyl (C=O) groups is 3. The quantitative estimate of drug-likeness (QED) is 0.299. The second-order valence-electron chi connectivity index (χ2n) is 6.89. The number of hydrogen-bond donors (Lipinski definition) is 3. The van der Waals surface area contributed by atoms with Crippen molar-refractivity contribution in [2.24, 2.45) is 5.92 Å². The smallest absolute Gasteiger partial charge is 0.407 e. The Bertz CT molecular complexity index is 604. The Labute approximate surface area is 160 Å². The average molecular weight is 410 g/mol. The molecule has 0 bridgehead atoms. The Morgan fingerprint density at radius 1 is 1.19 bits per heavy atom. The lowest BCUT2D eigenvalue weighted by molar-refractivity contribution is -0.141. The Hall–Kier alpha value is -1.88. The Morgan fingerprint density at radius 3 is 2.37 bits per heavy atom. The number of carboxylic acid groups (broad SMARTS) is 1. The van der Waals surface area contributed by atoms with Crippen molar-refractivity contribution >= 4 is 28.1 Å². The molecule has 0 aromatic rings. The van der Waals surface area contributed by atoms with E-state index >= 15 is 0 Å². The van der Waals surface area contributed by atoms with Crippen LogP contribution in [0, 0.1) is 5.92 Å². The lowest BCUT2D eigenvalue weighted by atomic mass is 10.1. The van der Waals surface area contributed by atoms with Gasteiger partial charge in [-0.1, -0.05) is 6.92 Å². The third-order valence-corrected chi connectivity index (χ3v) is 4.69. The summed E-state index contributed by atoms with van der Waals surface area (Å²) in [6.45, 7) is 6.07. The zero-order valence-corrected chi connectivity index (χ0v) is 17.1. The van der Waals surface area contributed by atoms with Gasteiger partial charge in [0.25, 0.3) is 10.1 Å². The van der Waals surface area contributed by atoms with Crippen molar-refractivity contribution in [1.82, 2.24) is 10.6 Å². The zero-order valence-electron chi connectivity index (χ0n) is 16.2. The van der Waals surface area contributed by atoms with E-state index in [-0.39, 0.29) is 37.8 Å². The summed E-state index contributed by atoms with van der Waals surface area (Å²) in [5.74, 6) is -1.92. The van der Waals surface area contributed by atoms with E-state index in [1.54, 1.807) is 20.8 Å². The van der Waals surface area contributed by atoms with Gasteiger partial charge in [0.05, 0.1) is 30.4 Å². The molecule has 11 heteroatoms. The standard InChI is InChI=1S/C16H30N2O8S/c1-12(14(20)21)7-5-9-25-15(22)18-16(3,4)11-26-27(23,24)10-6-8-17-13(2)19/h12H,5-11H2,1-4H3,(H,17,19)(H,18,22)(H,20,21). The highest BCUT2D eigenvalue weighted by Crippen LogP contribution is 2.09. The average Bonchev–Trinajstić information content (AvgIpc) is 2.53. The van der Waals surface area contributed by atoms with Gasteiger partial charge in [-0.25, -0.2) is 4.79 Å². The van der Waals surface area contributed by atoms with Gasteiger partial charge in [0.2, 0.25) is 5.91 Å². The maximum absolute atomic E-state index is 11.8. The van der Waals surface area contributed by atoms with Crippen molar-refractivity contribution in [1.29, 1.82) is 0 Å². The van der Waals surface area contributed by atoms with Crippen molar-refractivity contribution < 1.29 is 36.8 Å². The van der Waals surface area contributed by atoms with Crippen LogP contribution in [0.25, 0.3) is 0 Å². The molecule has 158 valence electrons. The number of hydrogen-bond acceptors (Lipinski definition) is 7. The highest BCUT2D eigenvalue weighted by Gasteiger charge is 2.25.